The van der Waals surface area contributed by atoms with E-state index in [9.17, 15) is 4.79 Å². The summed E-state index contributed by atoms with van der Waals surface area (Å²) in [6.45, 7) is 8.83. The Kier molecular flexibility index (Phi) is 4.76. The first-order valence-electron chi connectivity index (χ1n) is 6.74. The van der Waals surface area contributed by atoms with Crippen molar-refractivity contribution in [3.8, 4) is 0 Å². The van der Waals surface area contributed by atoms with Crippen LogP contribution >= 0.6 is 0 Å². The summed E-state index contributed by atoms with van der Waals surface area (Å²) < 4.78 is 0. The molecule has 16 heavy (non-hydrogen) atoms. The Balaban J connectivity index is 2.88. The van der Waals surface area contributed by atoms with E-state index in [2.05, 4.69) is 27.7 Å². The van der Waals surface area contributed by atoms with Crippen LogP contribution in [-0.4, -0.2) is 5.78 Å². The van der Waals surface area contributed by atoms with Gasteiger partial charge in [0.25, 0.3) is 0 Å². The molecule has 0 radical (unpaired) electrons. The number of hydrogen-bond acceptors (Lipinski definition) is 1. The number of ketones is 1. The van der Waals surface area contributed by atoms with Crippen LogP contribution in [0.2, 0.25) is 0 Å². The van der Waals surface area contributed by atoms with E-state index in [0.29, 0.717) is 5.78 Å². The lowest BCUT2D eigenvalue weighted by Crippen LogP contribution is -2.25. The smallest absolute Gasteiger partial charge is 0.159 e. The molecule has 0 amide bonds. The lowest BCUT2D eigenvalue weighted by Gasteiger charge is -2.32. The Hall–Kier alpha value is -0.590. The van der Waals surface area contributed by atoms with Crippen molar-refractivity contribution in [3.63, 3.8) is 0 Å². The Labute approximate surface area is 100 Å². The van der Waals surface area contributed by atoms with E-state index in [1.807, 2.05) is 0 Å². The van der Waals surface area contributed by atoms with Gasteiger partial charge in [-0.2, -0.15) is 0 Å². The molecular weight excluding hydrogens is 196 g/mol. The fourth-order valence-electron chi connectivity index (χ4n) is 2.68. The first-order valence-corrected chi connectivity index (χ1v) is 6.74. The number of hydrogen-bond donors (Lipinski definition) is 0. The summed E-state index contributed by atoms with van der Waals surface area (Å²) in [5.41, 5.74) is 2.83. The molecule has 0 N–H and O–H groups in total. The highest BCUT2D eigenvalue weighted by atomic mass is 16.1. The van der Waals surface area contributed by atoms with E-state index < -0.39 is 0 Å². The second-order valence-corrected chi connectivity index (χ2v) is 5.88. The normalized spacial score (nSPS) is 20.4. The maximum atomic E-state index is 12.1. The molecule has 0 saturated heterocycles. The van der Waals surface area contributed by atoms with E-state index in [1.165, 1.54) is 24.0 Å². The van der Waals surface area contributed by atoms with E-state index in [4.69, 9.17) is 0 Å². The number of carbonyl (C=O) groups is 1. The Morgan fingerprint density at radius 3 is 2.31 bits per heavy atom. The van der Waals surface area contributed by atoms with Gasteiger partial charge in [-0.05, 0) is 36.7 Å². The average Bonchev–Trinajstić information content (AvgIpc) is 2.18. The molecule has 0 unspecified atom stereocenters. The molecule has 0 heterocycles. The number of rotatable bonds is 5. The second-order valence-electron chi connectivity index (χ2n) is 5.88. The van der Waals surface area contributed by atoms with Crippen LogP contribution in [0, 0.1) is 5.41 Å². The summed E-state index contributed by atoms with van der Waals surface area (Å²) in [6.07, 6.45) is 7.56. The fourth-order valence-corrected chi connectivity index (χ4v) is 2.68. The second kappa shape index (κ2) is 5.65. The van der Waals surface area contributed by atoms with Crippen LogP contribution in [0.15, 0.2) is 11.1 Å². The highest BCUT2D eigenvalue weighted by Gasteiger charge is 2.31. The molecule has 1 aliphatic carbocycles. The molecule has 0 aliphatic heterocycles. The number of carbonyl (C=O) groups excluding carboxylic acids is 1. The Bertz CT molecular complexity index is 284. The molecule has 0 aromatic carbocycles. The van der Waals surface area contributed by atoms with Crippen molar-refractivity contribution in [2.45, 2.75) is 72.6 Å². The highest BCUT2D eigenvalue weighted by Crippen LogP contribution is 2.39. The van der Waals surface area contributed by atoms with Crippen LogP contribution < -0.4 is 0 Å². The van der Waals surface area contributed by atoms with Crippen molar-refractivity contribution in [2.75, 3.05) is 0 Å². The van der Waals surface area contributed by atoms with E-state index in [1.54, 1.807) is 0 Å². The first-order chi connectivity index (χ1) is 7.50. The summed E-state index contributed by atoms with van der Waals surface area (Å²) in [5.74, 6) is 0.421. The molecule has 0 fully saturated rings. The van der Waals surface area contributed by atoms with Crippen molar-refractivity contribution >= 4 is 5.78 Å². The Morgan fingerprint density at radius 1 is 1.06 bits per heavy atom. The standard InChI is InChI=1S/C15H26O/c1-5-7-9-12-10-15(3,4)11-14(16)13(12)8-6-2/h5-11H2,1-4H3. The summed E-state index contributed by atoms with van der Waals surface area (Å²) in [4.78, 5) is 12.1. The molecule has 0 spiro atoms. The van der Waals surface area contributed by atoms with E-state index in [-0.39, 0.29) is 5.41 Å². The van der Waals surface area contributed by atoms with Crippen molar-refractivity contribution < 1.29 is 4.79 Å². The van der Waals surface area contributed by atoms with Gasteiger partial charge in [-0.3, -0.25) is 4.79 Å². The zero-order valence-electron chi connectivity index (χ0n) is 11.4. The van der Waals surface area contributed by atoms with E-state index in [0.717, 1.165) is 32.1 Å². The SMILES string of the molecule is CCCCC1=C(CCC)C(=O)CC(C)(C)C1. The van der Waals surface area contributed by atoms with Crippen LogP contribution in [0.25, 0.3) is 0 Å². The van der Waals surface area contributed by atoms with Crippen molar-refractivity contribution in [2.24, 2.45) is 5.41 Å². The largest absolute Gasteiger partial charge is 0.295 e. The minimum atomic E-state index is 0.192. The zero-order valence-corrected chi connectivity index (χ0v) is 11.4. The van der Waals surface area contributed by atoms with Crippen LogP contribution in [0.1, 0.15) is 72.6 Å². The average molecular weight is 222 g/mol. The molecule has 1 aliphatic rings. The molecule has 1 heteroatoms. The zero-order chi connectivity index (χ0) is 12.2. The third-order valence-corrected chi connectivity index (χ3v) is 3.43. The van der Waals surface area contributed by atoms with Crippen LogP contribution in [0.4, 0.5) is 0 Å². The third-order valence-electron chi connectivity index (χ3n) is 3.43. The maximum absolute atomic E-state index is 12.1. The van der Waals surface area contributed by atoms with Gasteiger partial charge in [0.2, 0.25) is 0 Å². The van der Waals surface area contributed by atoms with Crippen molar-refractivity contribution in [3.05, 3.63) is 11.1 Å². The van der Waals surface area contributed by atoms with Gasteiger partial charge in [-0.1, -0.05) is 46.1 Å². The van der Waals surface area contributed by atoms with Crippen LogP contribution in [0.3, 0.4) is 0 Å². The van der Waals surface area contributed by atoms with Crippen molar-refractivity contribution in [1.29, 1.82) is 0 Å². The van der Waals surface area contributed by atoms with Gasteiger partial charge >= 0.3 is 0 Å². The molecule has 0 atom stereocenters. The van der Waals surface area contributed by atoms with Gasteiger partial charge in [0.05, 0.1) is 0 Å². The summed E-state index contributed by atoms with van der Waals surface area (Å²) in [6, 6.07) is 0. The summed E-state index contributed by atoms with van der Waals surface area (Å²) in [7, 11) is 0. The molecule has 0 bridgehead atoms. The lowest BCUT2D eigenvalue weighted by atomic mass is 9.72. The lowest BCUT2D eigenvalue weighted by molar-refractivity contribution is -0.118. The maximum Gasteiger partial charge on any atom is 0.159 e. The van der Waals surface area contributed by atoms with Gasteiger partial charge in [-0.25, -0.2) is 0 Å². The first kappa shape index (κ1) is 13.5. The van der Waals surface area contributed by atoms with Gasteiger partial charge in [0.1, 0.15) is 0 Å². The van der Waals surface area contributed by atoms with Crippen LogP contribution in [-0.2, 0) is 4.79 Å². The van der Waals surface area contributed by atoms with Gasteiger partial charge in [0, 0.05) is 6.42 Å². The molecule has 0 saturated carbocycles. The molecule has 1 rings (SSSR count). The quantitative estimate of drug-likeness (QED) is 0.661. The van der Waals surface area contributed by atoms with Crippen LogP contribution in [0.5, 0.6) is 0 Å². The summed E-state index contributed by atoms with van der Waals surface area (Å²) >= 11 is 0. The third kappa shape index (κ3) is 3.47. The van der Waals surface area contributed by atoms with Gasteiger partial charge in [-0.15, -0.1) is 0 Å². The molecular formula is C15H26O. The van der Waals surface area contributed by atoms with Gasteiger partial charge in [0.15, 0.2) is 5.78 Å². The summed E-state index contributed by atoms with van der Waals surface area (Å²) in [5, 5.41) is 0. The van der Waals surface area contributed by atoms with Crippen molar-refractivity contribution in [1.82, 2.24) is 0 Å². The minimum absolute atomic E-state index is 0.192. The van der Waals surface area contributed by atoms with E-state index >= 15 is 0 Å². The Morgan fingerprint density at radius 2 is 1.75 bits per heavy atom. The molecule has 1 nitrogen and oxygen atoms in total. The highest BCUT2D eigenvalue weighted by molar-refractivity contribution is 5.97. The minimum Gasteiger partial charge on any atom is -0.295 e. The number of unbranched alkanes of at least 4 members (excludes halogenated alkanes) is 1. The molecule has 0 aromatic rings. The molecule has 92 valence electrons. The number of Topliss-reactive ketones (excluding diaryl/α,β-unsaturated/α-hetero) is 1. The molecule has 0 aromatic heterocycles. The predicted octanol–water partition coefficient (Wildman–Crippen LogP) is 4.66. The predicted molar refractivity (Wildman–Crippen MR) is 69.5 cm³/mol. The monoisotopic (exact) mass is 222 g/mol. The number of allylic oxidation sites excluding steroid dienone is 2. The van der Waals surface area contributed by atoms with Gasteiger partial charge < -0.3 is 0 Å². The fraction of sp³-hybridized carbons (Fsp3) is 0.800. The topological polar surface area (TPSA) is 17.1 Å².